The molecule has 8 heteroatoms. The Morgan fingerprint density at radius 3 is 2.89 bits per heavy atom. The number of benzene rings is 1. The molecule has 0 amide bonds. The van der Waals surface area contributed by atoms with Crippen LogP contribution < -0.4 is 19.9 Å². The maximum absolute atomic E-state index is 9.67. The summed E-state index contributed by atoms with van der Waals surface area (Å²) in [5.74, 6) is 3.39. The number of nitrogens with one attached hydrogen (secondary N) is 1. The summed E-state index contributed by atoms with van der Waals surface area (Å²) in [6, 6.07) is 5.82. The van der Waals surface area contributed by atoms with E-state index in [0.29, 0.717) is 34.0 Å². The number of nitrogens with two attached hydrogens (primary N) is 1. The van der Waals surface area contributed by atoms with Crippen molar-refractivity contribution in [3.8, 4) is 35.8 Å². The fraction of sp³-hybridized carbons (Fsp3) is 0.263. The topological polar surface area (TPSA) is 106 Å². The van der Waals surface area contributed by atoms with Crippen molar-refractivity contribution in [1.29, 1.82) is 5.26 Å². The molecule has 0 saturated heterocycles. The van der Waals surface area contributed by atoms with Crippen molar-refractivity contribution in [2.45, 2.75) is 19.8 Å². The van der Waals surface area contributed by atoms with Gasteiger partial charge in [0, 0.05) is 11.3 Å². The fourth-order valence-electron chi connectivity index (χ4n) is 3.00. The number of aromatic nitrogens is 2. The highest BCUT2D eigenvalue weighted by Gasteiger charge is 2.35. The summed E-state index contributed by atoms with van der Waals surface area (Å²) in [5, 5.41) is 16.7. The third-order valence-corrected chi connectivity index (χ3v) is 4.68. The Bertz CT molecular complexity index is 998. The molecule has 1 atom stereocenters. The number of nitrogens with zero attached hydrogens (tertiary/aromatic N) is 2. The average Bonchev–Trinajstić information content (AvgIpc) is 3.00. The Labute approximate surface area is 165 Å². The van der Waals surface area contributed by atoms with Crippen LogP contribution in [0, 0.1) is 30.6 Å². The Balaban J connectivity index is 2.19. The summed E-state index contributed by atoms with van der Waals surface area (Å²) in [7, 11) is 0. The van der Waals surface area contributed by atoms with Gasteiger partial charge in [-0.1, -0.05) is 5.92 Å². The molecule has 1 aliphatic heterocycles. The molecule has 3 rings (SSSR count). The number of aryl methyl sites for hydroxylation is 1. The molecule has 0 unspecified atom stereocenters. The van der Waals surface area contributed by atoms with Gasteiger partial charge in [-0.2, -0.15) is 5.26 Å². The molecule has 138 valence electrons. The number of fused-ring (bicyclic) bond motifs is 1. The van der Waals surface area contributed by atoms with Gasteiger partial charge >= 0.3 is 0 Å². The van der Waals surface area contributed by atoms with E-state index >= 15 is 0 Å². The molecule has 0 bridgehead atoms. The molecule has 27 heavy (non-hydrogen) atoms. The van der Waals surface area contributed by atoms with E-state index in [9.17, 15) is 5.26 Å². The fourth-order valence-corrected chi connectivity index (χ4v) is 3.58. The van der Waals surface area contributed by atoms with Crippen LogP contribution in [0.4, 0.5) is 0 Å². The van der Waals surface area contributed by atoms with Gasteiger partial charge in [0.2, 0.25) is 11.8 Å². The van der Waals surface area contributed by atoms with Crippen molar-refractivity contribution in [2.75, 3.05) is 13.2 Å². The van der Waals surface area contributed by atoms with Gasteiger partial charge in [-0.15, -0.1) is 11.5 Å². The van der Waals surface area contributed by atoms with Gasteiger partial charge in [0.05, 0.1) is 17.0 Å². The predicted molar refractivity (Wildman–Crippen MR) is 102 cm³/mol. The SMILES string of the molecule is C#CCOc1c(Br)cc([C@H]2C(C#N)=C(N)Oc3n[nH]c(C)c32)cc1OCC. The first-order valence-electron chi connectivity index (χ1n) is 8.16. The Morgan fingerprint density at radius 2 is 2.22 bits per heavy atom. The van der Waals surface area contributed by atoms with E-state index in [4.69, 9.17) is 26.4 Å². The Kier molecular flexibility index (Phi) is 5.29. The second kappa shape index (κ2) is 7.65. The first-order chi connectivity index (χ1) is 13.0. The maximum Gasteiger partial charge on any atom is 0.244 e. The number of halogens is 1. The molecule has 0 spiro atoms. The van der Waals surface area contributed by atoms with E-state index < -0.39 is 5.92 Å². The zero-order chi connectivity index (χ0) is 19.6. The zero-order valence-electron chi connectivity index (χ0n) is 14.8. The monoisotopic (exact) mass is 428 g/mol. The first kappa shape index (κ1) is 18.7. The molecule has 0 fully saturated rings. The lowest BCUT2D eigenvalue weighted by atomic mass is 9.84. The van der Waals surface area contributed by atoms with E-state index in [2.05, 4.69) is 38.1 Å². The first-order valence-corrected chi connectivity index (χ1v) is 8.96. The number of nitriles is 1. The lowest BCUT2D eigenvalue weighted by Gasteiger charge is -2.25. The van der Waals surface area contributed by atoms with Gasteiger partial charge in [0.25, 0.3) is 0 Å². The summed E-state index contributed by atoms with van der Waals surface area (Å²) in [5.41, 5.74) is 8.60. The number of hydrogen-bond acceptors (Lipinski definition) is 6. The van der Waals surface area contributed by atoms with Crippen molar-refractivity contribution in [3.63, 3.8) is 0 Å². The van der Waals surface area contributed by atoms with Crippen LogP contribution in [-0.4, -0.2) is 23.4 Å². The number of ether oxygens (including phenoxy) is 3. The third-order valence-electron chi connectivity index (χ3n) is 4.09. The standard InChI is InChI=1S/C19H17BrN4O3/c1-4-6-26-17-13(20)7-11(8-14(17)25-5-2)16-12(9-21)18(22)27-19-15(16)10(3)23-24-19/h1,7-8,16H,5-6,22H2,2-3H3,(H,23,24)/t16-/m0/s1. The highest BCUT2D eigenvalue weighted by Crippen LogP contribution is 2.46. The molecule has 0 radical (unpaired) electrons. The number of aromatic amines is 1. The lowest BCUT2D eigenvalue weighted by molar-refractivity contribution is 0.297. The van der Waals surface area contributed by atoms with Crippen LogP contribution in [0.3, 0.4) is 0 Å². The number of allylic oxidation sites excluding steroid dienone is 1. The lowest BCUT2D eigenvalue weighted by Crippen LogP contribution is -2.21. The number of H-pyrrole nitrogens is 1. The summed E-state index contributed by atoms with van der Waals surface area (Å²) in [6.45, 7) is 4.28. The van der Waals surface area contributed by atoms with Crippen LogP contribution in [0.5, 0.6) is 17.4 Å². The van der Waals surface area contributed by atoms with Crippen LogP contribution in [0.15, 0.2) is 28.1 Å². The zero-order valence-corrected chi connectivity index (χ0v) is 16.4. The molecule has 7 nitrogen and oxygen atoms in total. The van der Waals surface area contributed by atoms with E-state index in [-0.39, 0.29) is 12.5 Å². The smallest absolute Gasteiger partial charge is 0.244 e. The van der Waals surface area contributed by atoms with Crippen molar-refractivity contribution in [2.24, 2.45) is 5.73 Å². The minimum Gasteiger partial charge on any atom is -0.490 e. The molecule has 3 N–H and O–H groups in total. The predicted octanol–water partition coefficient (Wildman–Crippen LogP) is 3.11. The second-order valence-electron chi connectivity index (χ2n) is 5.75. The molecule has 1 aromatic heterocycles. The molecule has 2 aromatic rings. The summed E-state index contributed by atoms with van der Waals surface area (Å²) in [4.78, 5) is 0. The van der Waals surface area contributed by atoms with Crippen LogP contribution in [0.1, 0.15) is 29.7 Å². The largest absolute Gasteiger partial charge is 0.490 e. The van der Waals surface area contributed by atoms with Gasteiger partial charge in [0.1, 0.15) is 18.2 Å². The van der Waals surface area contributed by atoms with Crippen LogP contribution in [0.2, 0.25) is 0 Å². The summed E-state index contributed by atoms with van der Waals surface area (Å²) >= 11 is 3.51. The quantitative estimate of drug-likeness (QED) is 0.708. The Morgan fingerprint density at radius 1 is 1.44 bits per heavy atom. The van der Waals surface area contributed by atoms with Crippen LogP contribution >= 0.6 is 15.9 Å². The molecular weight excluding hydrogens is 412 g/mol. The van der Waals surface area contributed by atoms with Gasteiger partial charge < -0.3 is 19.9 Å². The van der Waals surface area contributed by atoms with E-state index in [1.54, 1.807) is 0 Å². The molecule has 0 aliphatic carbocycles. The number of hydrogen-bond donors (Lipinski definition) is 2. The van der Waals surface area contributed by atoms with E-state index in [0.717, 1.165) is 16.8 Å². The average molecular weight is 429 g/mol. The van der Waals surface area contributed by atoms with Crippen molar-refractivity contribution >= 4 is 15.9 Å². The van der Waals surface area contributed by atoms with E-state index in [1.165, 1.54) is 0 Å². The minimum absolute atomic E-state index is 0.0308. The number of rotatable bonds is 5. The Hall–Kier alpha value is -3.10. The third kappa shape index (κ3) is 3.32. The molecular formula is C19H17BrN4O3. The van der Waals surface area contributed by atoms with Crippen molar-refractivity contribution < 1.29 is 14.2 Å². The van der Waals surface area contributed by atoms with Gasteiger partial charge in [-0.3, -0.25) is 5.10 Å². The highest BCUT2D eigenvalue weighted by molar-refractivity contribution is 9.10. The van der Waals surface area contributed by atoms with Gasteiger partial charge in [0.15, 0.2) is 11.5 Å². The summed E-state index contributed by atoms with van der Waals surface area (Å²) in [6.07, 6.45) is 5.30. The molecule has 0 saturated carbocycles. The van der Waals surface area contributed by atoms with Crippen LogP contribution in [0.25, 0.3) is 0 Å². The minimum atomic E-state index is -0.449. The maximum atomic E-state index is 9.67. The molecule has 1 aliphatic rings. The number of terminal acetylenes is 1. The van der Waals surface area contributed by atoms with Crippen molar-refractivity contribution in [1.82, 2.24) is 10.2 Å². The van der Waals surface area contributed by atoms with Crippen LogP contribution in [-0.2, 0) is 0 Å². The molecule has 2 heterocycles. The second-order valence-corrected chi connectivity index (χ2v) is 6.60. The normalized spacial score (nSPS) is 15.4. The summed E-state index contributed by atoms with van der Waals surface area (Å²) < 4.78 is 17.5. The molecule has 1 aromatic carbocycles. The highest BCUT2D eigenvalue weighted by atomic mass is 79.9. The van der Waals surface area contributed by atoms with Crippen molar-refractivity contribution in [3.05, 3.63) is 44.9 Å². The van der Waals surface area contributed by atoms with E-state index in [1.807, 2.05) is 26.0 Å². The van der Waals surface area contributed by atoms with Gasteiger partial charge in [-0.05, 0) is 47.5 Å². The van der Waals surface area contributed by atoms with Gasteiger partial charge in [-0.25, -0.2) is 0 Å².